The quantitative estimate of drug-likeness (QED) is 0.559. The monoisotopic (exact) mass is 432 g/mol. The second-order valence-electron chi connectivity index (χ2n) is 7.28. The fourth-order valence-corrected chi connectivity index (χ4v) is 4.81. The van der Waals surface area contributed by atoms with Crippen LogP contribution in [0, 0.1) is 6.92 Å². The number of thiazole rings is 1. The van der Waals surface area contributed by atoms with Crippen molar-refractivity contribution in [2.75, 3.05) is 0 Å². The molecule has 156 valence electrons. The average molecular weight is 432 g/mol. The molecule has 0 fully saturated rings. The number of aromatic nitrogens is 2. The SMILES string of the molecule is Cc1nc(C2=CC=C(C(F)(F)F)CC2)sc1Cn1ccc2cccc(CC(=O)O)c21. The fraction of sp³-hybridized carbons (Fsp3) is 0.273. The van der Waals surface area contributed by atoms with Crippen LogP contribution in [0.15, 0.2) is 48.2 Å². The van der Waals surface area contributed by atoms with Crippen LogP contribution in [0.4, 0.5) is 13.2 Å². The maximum Gasteiger partial charge on any atom is 0.412 e. The zero-order valence-corrected chi connectivity index (χ0v) is 17.0. The molecule has 0 amide bonds. The largest absolute Gasteiger partial charge is 0.481 e. The number of carboxylic acids is 1. The lowest BCUT2D eigenvalue weighted by Gasteiger charge is -2.15. The van der Waals surface area contributed by atoms with Gasteiger partial charge in [0.2, 0.25) is 0 Å². The van der Waals surface area contributed by atoms with Gasteiger partial charge in [-0.3, -0.25) is 4.79 Å². The summed E-state index contributed by atoms with van der Waals surface area (Å²) in [5, 5.41) is 10.9. The summed E-state index contributed by atoms with van der Waals surface area (Å²) in [4.78, 5) is 16.8. The van der Waals surface area contributed by atoms with Crippen LogP contribution < -0.4 is 0 Å². The first-order valence-corrected chi connectivity index (χ1v) is 10.3. The number of hydrogen-bond donors (Lipinski definition) is 1. The topological polar surface area (TPSA) is 55.1 Å². The number of nitrogens with zero attached hydrogens (tertiary/aromatic N) is 2. The lowest BCUT2D eigenvalue weighted by molar-refractivity contribution is -0.136. The van der Waals surface area contributed by atoms with E-state index in [9.17, 15) is 23.1 Å². The Kier molecular flexibility index (Phi) is 5.27. The first-order valence-electron chi connectivity index (χ1n) is 9.44. The molecule has 0 radical (unpaired) electrons. The Balaban J connectivity index is 1.64. The summed E-state index contributed by atoms with van der Waals surface area (Å²) in [5.74, 6) is -0.887. The molecule has 1 N–H and O–H groups in total. The van der Waals surface area contributed by atoms with Gasteiger partial charge in [0.25, 0.3) is 0 Å². The van der Waals surface area contributed by atoms with Crippen molar-refractivity contribution in [3.05, 3.63) is 69.3 Å². The van der Waals surface area contributed by atoms with Crippen LogP contribution in [0.1, 0.15) is 34.0 Å². The van der Waals surface area contributed by atoms with Gasteiger partial charge in [-0.25, -0.2) is 4.98 Å². The van der Waals surface area contributed by atoms with Gasteiger partial charge in [0, 0.05) is 16.6 Å². The van der Waals surface area contributed by atoms with Gasteiger partial charge in [-0.1, -0.05) is 30.4 Å². The predicted molar refractivity (Wildman–Crippen MR) is 111 cm³/mol. The van der Waals surface area contributed by atoms with Gasteiger partial charge >= 0.3 is 12.1 Å². The highest BCUT2D eigenvalue weighted by molar-refractivity contribution is 7.12. The van der Waals surface area contributed by atoms with E-state index in [1.807, 2.05) is 42.0 Å². The molecular weight excluding hydrogens is 413 g/mol. The van der Waals surface area contributed by atoms with E-state index in [0.717, 1.165) is 43.7 Å². The number of halogens is 3. The lowest BCUT2D eigenvalue weighted by atomic mass is 9.98. The van der Waals surface area contributed by atoms with E-state index in [1.54, 1.807) is 0 Å². The van der Waals surface area contributed by atoms with E-state index in [4.69, 9.17) is 0 Å². The van der Waals surface area contributed by atoms with Crippen LogP contribution in [-0.4, -0.2) is 26.8 Å². The Labute approximate surface area is 175 Å². The maximum absolute atomic E-state index is 12.8. The molecule has 0 unspecified atom stereocenters. The Morgan fingerprint density at radius 1 is 1.23 bits per heavy atom. The van der Waals surface area contributed by atoms with Gasteiger partial charge in [-0.15, -0.1) is 11.3 Å². The van der Waals surface area contributed by atoms with Crippen LogP contribution in [0.5, 0.6) is 0 Å². The van der Waals surface area contributed by atoms with E-state index >= 15 is 0 Å². The normalized spacial score (nSPS) is 14.7. The third-order valence-electron chi connectivity index (χ3n) is 5.21. The van der Waals surface area contributed by atoms with Crippen molar-refractivity contribution < 1.29 is 23.1 Å². The number of hydrogen-bond acceptors (Lipinski definition) is 3. The molecule has 4 nitrogen and oxygen atoms in total. The smallest absolute Gasteiger partial charge is 0.412 e. The number of alkyl halides is 3. The first-order chi connectivity index (χ1) is 14.2. The number of aryl methyl sites for hydroxylation is 1. The van der Waals surface area contributed by atoms with Gasteiger partial charge in [-0.05, 0) is 42.4 Å². The molecule has 0 spiro atoms. The molecular formula is C22H19F3N2O2S. The molecule has 30 heavy (non-hydrogen) atoms. The molecule has 1 aromatic carbocycles. The van der Waals surface area contributed by atoms with Crippen LogP contribution >= 0.6 is 11.3 Å². The van der Waals surface area contributed by atoms with Gasteiger partial charge in [-0.2, -0.15) is 13.2 Å². The van der Waals surface area contributed by atoms with Crippen LogP contribution in [0.2, 0.25) is 0 Å². The van der Waals surface area contributed by atoms with Crippen molar-refractivity contribution in [1.82, 2.24) is 9.55 Å². The lowest BCUT2D eigenvalue weighted by Crippen LogP contribution is -2.13. The summed E-state index contributed by atoms with van der Waals surface area (Å²) in [6.45, 7) is 2.42. The number of carboxylic acid groups (broad SMARTS) is 1. The van der Waals surface area contributed by atoms with Crippen LogP contribution in [0.25, 0.3) is 16.5 Å². The number of benzene rings is 1. The summed E-state index contributed by atoms with van der Waals surface area (Å²) < 4.78 is 40.5. The molecule has 2 aromatic heterocycles. The summed E-state index contributed by atoms with van der Waals surface area (Å²) in [5.41, 5.74) is 2.76. The average Bonchev–Trinajstić information content (AvgIpc) is 3.26. The van der Waals surface area contributed by atoms with Crippen LogP contribution in [-0.2, 0) is 17.8 Å². The zero-order valence-electron chi connectivity index (χ0n) is 16.2. The highest BCUT2D eigenvalue weighted by Crippen LogP contribution is 2.37. The number of rotatable bonds is 5. The second-order valence-corrected chi connectivity index (χ2v) is 8.36. The van der Waals surface area contributed by atoms with E-state index in [1.165, 1.54) is 17.4 Å². The van der Waals surface area contributed by atoms with Crippen molar-refractivity contribution in [3.63, 3.8) is 0 Å². The Bertz CT molecular complexity index is 1180. The summed E-state index contributed by atoms with van der Waals surface area (Å²) in [6.07, 6.45) is 0.519. The van der Waals surface area contributed by atoms with Crippen molar-refractivity contribution >= 4 is 33.8 Å². The molecule has 3 aromatic rings. The third kappa shape index (κ3) is 4.05. The van der Waals surface area contributed by atoms with Gasteiger partial charge in [0.15, 0.2) is 0 Å². The van der Waals surface area contributed by atoms with Gasteiger partial charge in [0.05, 0.1) is 24.2 Å². The van der Waals surface area contributed by atoms with E-state index in [0.29, 0.717) is 13.0 Å². The Morgan fingerprint density at radius 3 is 2.70 bits per heavy atom. The standard InChI is InChI=1S/C22H19F3N2O2S/c1-13-18(30-21(26-13)15-5-7-17(8-6-15)22(23,24)25)12-27-10-9-14-3-2-4-16(20(14)27)11-19(28)29/h2-5,7,9-10H,6,8,11-12H2,1H3,(H,28,29). The molecule has 0 aliphatic heterocycles. The van der Waals surface area contributed by atoms with Gasteiger partial charge < -0.3 is 9.67 Å². The van der Waals surface area contributed by atoms with E-state index in [2.05, 4.69) is 4.98 Å². The van der Waals surface area contributed by atoms with Crippen molar-refractivity contribution in [2.24, 2.45) is 0 Å². The number of para-hydroxylation sites is 1. The molecule has 2 heterocycles. The molecule has 1 aliphatic carbocycles. The molecule has 0 saturated carbocycles. The second kappa shape index (κ2) is 7.75. The Hall–Kier alpha value is -2.87. The molecule has 0 atom stereocenters. The number of carbonyl (C=O) groups is 1. The minimum atomic E-state index is -4.28. The minimum absolute atomic E-state index is 0.0376. The van der Waals surface area contributed by atoms with E-state index in [-0.39, 0.29) is 12.8 Å². The van der Waals surface area contributed by atoms with Crippen molar-refractivity contribution in [1.29, 1.82) is 0 Å². The number of allylic oxidation sites excluding steroid dienone is 4. The van der Waals surface area contributed by atoms with Crippen molar-refractivity contribution in [2.45, 2.75) is 38.9 Å². The molecule has 8 heteroatoms. The van der Waals surface area contributed by atoms with E-state index < -0.39 is 17.7 Å². The highest BCUT2D eigenvalue weighted by Gasteiger charge is 2.34. The molecule has 0 saturated heterocycles. The zero-order chi connectivity index (χ0) is 21.5. The number of aliphatic carboxylic acids is 1. The molecule has 4 rings (SSSR count). The molecule has 0 bridgehead atoms. The maximum atomic E-state index is 12.8. The molecule has 1 aliphatic rings. The highest BCUT2D eigenvalue weighted by atomic mass is 32.1. The minimum Gasteiger partial charge on any atom is -0.481 e. The summed E-state index contributed by atoms with van der Waals surface area (Å²) in [6, 6.07) is 7.55. The number of fused-ring (bicyclic) bond motifs is 1. The first kappa shape index (κ1) is 20.4. The summed E-state index contributed by atoms with van der Waals surface area (Å²) in [7, 11) is 0. The van der Waals surface area contributed by atoms with Crippen molar-refractivity contribution in [3.8, 4) is 0 Å². The predicted octanol–water partition coefficient (Wildman–Crippen LogP) is 5.75. The summed E-state index contributed by atoms with van der Waals surface area (Å²) >= 11 is 1.47. The van der Waals surface area contributed by atoms with Crippen LogP contribution in [0.3, 0.4) is 0 Å². The van der Waals surface area contributed by atoms with Gasteiger partial charge in [0.1, 0.15) is 5.01 Å². The fourth-order valence-electron chi connectivity index (χ4n) is 3.70. The Morgan fingerprint density at radius 2 is 2.03 bits per heavy atom. The third-order valence-corrected chi connectivity index (χ3v) is 6.43.